The average molecular weight is 329 g/mol. The van der Waals surface area contributed by atoms with Crippen LogP contribution in [0.5, 0.6) is 0 Å². The molecule has 0 bridgehead atoms. The smallest absolute Gasteiger partial charge is 0.417 e. The zero-order chi connectivity index (χ0) is 17.0. The largest absolute Gasteiger partial charge is 0.466 e. The SMILES string of the molecule is Cc1ccc(CCNC(=O)Nc2cc(C(F)(F)F)c[nH]c2=O)o1. The second kappa shape index (κ2) is 6.59. The van der Waals surface area contributed by atoms with E-state index in [0.29, 0.717) is 24.4 Å². The maximum absolute atomic E-state index is 12.6. The summed E-state index contributed by atoms with van der Waals surface area (Å²) in [7, 11) is 0. The molecule has 2 rings (SSSR count). The molecular weight excluding hydrogens is 315 g/mol. The fourth-order valence-electron chi connectivity index (χ4n) is 1.83. The molecule has 0 aliphatic carbocycles. The van der Waals surface area contributed by atoms with Crippen molar-refractivity contribution in [3.63, 3.8) is 0 Å². The van der Waals surface area contributed by atoms with Crippen molar-refractivity contribution >= 4 is 11.7 Å². The third-order valence-electron chi connectivity index (χ3n) is 2.93. The second-order valence-corrected chi connectivity index (χ2v) is 4.77. The number of H-pyrrole nitrogens is 1. The number of aromatic nitrogens is 1. The number of aryl methyl sites for hydroxylation is 1. The molecule has 3 N–H and O–H groups in total. The molecule has 6 nitrogen and oxygen atoms in total. The monoisotopic (exact) mass is 329 g/mol. The summed E-state index contributed by atoms with van der Waals surface area (Å²) < 4.78 is 43.0. The molecule has 0 saturated carbocycles. The molecule has 23 heavy (non-hydrogen) atoms. The number of urea groups is 1. The van der Waals surface area contributed by atoms with Gasteiger partial charge >= 0.3 is 12.2 Å². The number of pyridine rings is 1. The van der Waals surface area contributed by atoms with Gasteiger partial charge in [0.05, 0.1) is 5.56 Å². The first-order valence-electron chi connectivity index (χ1n) is 6.66. The average Bonchev–Trinajstić information content (AvgIpc) is 2.85. The fraction of sp³-hybridized carbons (Fsp3) is 0.286. The van der Waals surface area contributed by atoms with Crippen LogP contribution in [-0.4, -0.2) is 17.6 Å². The summed E-state index contributed by atoms with van der Waals surface area (Å²) in [5.41, 5.74) is -2.36. The van der Waals surface area contributed by atoms with Gasteiger partial charge in [-0.25, -0.2) is 4.79 Å². The van der Waals surface area contributed by atoms with Gasteiger partial charge < -0.3 is 20.0 Å². The van der Waals surface area contributed by atoms with Crippen LogP contribution in [0.4, 0.5) is 23.7 Å². The molecule has 2 aromatic rings. The molecule has 0 saturated heterocycles. The highest BCUT2D eigenvalue weighted by Gasteiger charge is 2.31. The lowest BCUT2D eigenvalue weighted by Gasteiger charge is -2.09. The number of nitrogens with one attached hydrogen (secondary N) is 3. The van der Waals surface area contributed by atoms with Gasteiger partial charge in [-0.15, -0.1) is 0 Å². The highest BCUT2D eigenvalue weighted by atomic mass is 19.4. The zero-order valence-corrected chi connectivity index (χ0v) is 12.1. The highest BCUT2D eigenvalue weighted by Crippen LogP contribution is 2.29. The second-order valence-electron chi connectivity index (χ2n) is 4.77. The van der Waals surface area contributed by atoms with E-state index in [-0.39, 0.29) is 6.54 Å². The molecular formula is C14H14F3N3O3. The summed E-state index contributed by atoms with van der Waals surface area (Å²) in [6, 6.07) is 3.33. The van der Waals surface area contributed by atoms with Gasteiger partial charge in [0, 0.05) is 19.2 Å². The molecule has 0 aliphatic heterocycles. The molecule has 0 unspecified atom stereocenters. The Balaban J connectivity index is 1.93. The van der Waals surface area contributed by atoms with Gasteiger partial charge in [0.1, 0.15) is 17.2 Å². The predicted octanol–water partition coefficient (Wildman–Crippen LogP) is 2.66. The van der Waals surface area contributed by atoms with Crippen LogP contribution in [0.2, 0.25) is 0 Å². The Kier molecular flexibility index (Phi) is 4.77. The van der Waals surface area contributed by atoms with E-state index in [1.54, 1.807) is 19.1 Å². The van der Waals surface area contributed by atoms with Gasteiger partial charge in [0.2, 0.25) is 0 Å². The van der Waals surface area contributed by atoms with Crippen LogP contribution in [0.1, 0.15) is 17.1 Å². The Bertz CT molecular complexity index is 749. The van der Waals surface area contributed by atoms with Crippen LogP contribution in [0.3, 0.4) is 0 Å². The van der Waals surface area contributed by atoms with Crippen LogP contribution in [0.15, 0.2) is 33.6 Å². The maximum atomic E-state index is 12.6. The first-order chi connectivity index (χ1) is 10.8. The number of alkyl halides is 3. The molecule has 0 atom stereocenters. The first kappa shape index (κ1) is 16.7. The van der Waals surface area contributed by atoms with Crippen molar-refractivity contribution in [2.75, 3.05) is 11.9 Å². The summed E-state index contributed by atoms with van der Waals surface area (Å²) in [6.45, 7) is 1.99. The molecule has 124 valence electrons. The van der Waals surface area contributed by atoms with Gasteiger partial charge in [-0.05, 0) is 25.1 Å². The summed E-state index contributed by atoms with van der Waals surface area (Å²) >= 11 is 0. The van der Waals surface area contributed by atoms with E-state index in [1.165, 1.54) is 0 Å². The molecule has 2 aromatic heterocycles. The third-order valence-corrected chi connectivity index (χ3v) is 2.93. The number of hydrogen-bond donors (Lipinski definition) is 3. The van der Waals surface area contributed by atoms with E-state index in [2.05, 4.69) is 10.6 Å². The van der Waals surface area contributed by atoms with E-state index < -0.39 is 29.0 Å². The molecule has 0 aliphatic rings. The number of aromatic amines is 1. The third kappa shape index (κ3) is 4.63. The Labute approximate surface area is 128 Å². The van der Waals surface area contributed by atoms with Crippen LogP contribution in [0.25, 0.3) is 0 Å². The molecule has 0 spiro atoms. The molecule has 9 heteroatoms. The minimum absolute atomic E-state index is 0.204. The Morgan fingerprint density at radius 1 is 1.35 bits per heavy atom. The number of halogens is 3. The number of furan rings is 1. The number of carbonyl (C=O) groups excluding carboxylic acids is 1. The van der Waals surface area contributed by atoms with Crippen LogP contribution >= 0.6 is 0 Å². The van der Waals surface area contributed by atoms with Crippen molar-refractivity contribution in [2.45, 2.75) is 19.5 Å². The number of amides is 2. The maximum Gasteiger partial charge on any atom is 0.417 e. The van der Waals surface area contributed by atoms with Crippen LogP contribution in [-0.2, 0) is 12.6 Å². The quantitative estimate of drug-likeness (QED) is 0.806. The van der Waals surface area contributed by atoms with Crippen molar-refractivity contribution in [1.82, 2.24) is 10.3 Å². The first-order valence-corrected chi connectivity index (χ1v) is 6.66. The van der Waals surface area contributed by atoms with Gasteiger partial charge in [-0.3, -0.25) is 4.79 Å². The Morgan fingerprint density at radius 2 is 2.09 bits per heavy atom. The molecule has 0 fully saturated rings. The number of rotatable bonds is 4. The van der Waals surface area contributed by atoms with Crippen molar-refractivity contribution in [3.05, 3.63) is 51.8 Å². The summed E-state index contributed by atoms with van der Waals surface area (Å²) in [6.07, 6.45) is -3.65. The Hall–Kier alpha value is -2.71. The molecule has 0 radical (unpaired) electrons. The Morgan fingerprint density at radius 3 is 2.70 bits per heavy atom. The molecule has 2 amide bonds. The van der Waals surface area contributed by atoms with Crippen LogP contribution < -0.4 is 16.2 Å². The normalized spacial score (nSPS) is 11.3. The number of carbonyl (C=O) groups is 1. The number of hydrogen-bond acceptors (Lipinski definition) is 3. The van der Waals surface area contributed by atoms with E-state index in [4.69, 9.17) is 4.42 Å². The van der Waals surface area contributed by atoms with Gasteiger partial charge in [-0.1, -0.05) is 0 Å². The van der Waals surface area contributed by atoms with Crippen molar-refractivity contribution in [3.8, 4) is 0 Å². The minimum atomic E-state index is -4.62. The molecule has 2 heterocycles. The standard InChI is InChI=1S/C14H14F3N3O3/c1-8-2-3-10(23-8)4-5-18-13(22)20-11-6-9(14(15,16)17)7-19-12(11)21/h2-3,6-7H,4-5H2,1H3,(H,19,21)(H2,18,20,22). The van der Waals surface area contributed by atoms with E-state index >= 15 is 0 Å². The lowest BCUT2D eigenvalue weighted by Crippen LogP contribution is -2.32. The lowest BCUT2D eigenvalue weighted by atomic mass is 10.2. The van der Waals surface area contributed by atoms with Gasteiger partial charge in [-0.2, -0.15) is 13.2 Å². The van der Waals surface area contributed by atoms with Gasteiger partial charge in [0.15, 0.2) is 0 Å². The topological polar surface area (TPSA) is 87.1 Å². The van der Waals surface area contributed by atoms with Crippen molar-refractivity contribution < 1.29 is 22.4 Å². The van der Waals surface area contributed by atoms with Gasteiger partial charge in [0.25, 0.3) is 5.56 Å². The minimum Gasteiger partial charge on any atom is -0.466 e. The zero-order valence-electron chi connectivity index (χ0n) is 12.1. The van der Waals surface area contributed by atoms with Crippen molar-refractivity contribution in [2.24, 2.45) is 0 Å². The molecule has 0 aromatic carbocycles. The summed E-state index contributed by atoms with van der Waals surface area (Å²) in [5.74, 6) is 1.40. The summed E-state index contributed by atoms with van der Waals surface area (Å²) in [4.78, 5) is 25.0. The van der Waals surface area contributed by atoms with Crippen LogP contribution in [0, 0.1) is 6.92 Å². The summed E-state index contributed by atoms with van der Waals surface area (Å²) in [5, 5.41) is 4.52. The predicted molar refractivity (Wildman–Crippen MR) is 76.2 cm³/mol. The van der Waals surface area contributed by atoms with E-state index in [0.717, 1.165) is 5.76 Å². The lowest BCUT2D eigenvalue weighted by molar-refractivity contribution is -0.137. The van der Waals surface area contributed by atoms with E-state index in [1.807, 2.05) is 4.98 Å². The number of anilines is 1. The van der Waals surface area contributed by atoms with Crippen molar-refractivity contribution in [1.29, 1.82) is 0 Å². The highest BCUT2D eigenvalue weighted by molar-refractivity contribution is 5.89. The fourth-order valence-corrected chi connectivity index (χ4v) is 1.83. The van der Waals surface area contributed by atoms with E-state index in [9.17, 15) is 22.8 Å².